The van der Waals surface area contributed by atoms with Crippen molar-refractivity contribution in [3.63, 3.8) is 0 Å². The zero-order valence-corrected chi connectivity index (χ0v) is 7.99. The molecule has 0 N–H and O–H groups in total. The van der Waals surface area contributed by atoms with Gasteiger partial charge in [0.25, 0.3) is 0 Å². The lowest BCUT2D eigenvalue weighted by molar-refractivity contribution is 0.270. The van der Waals surface area contributed by atoms with E-state index in [1.54, 1.807) is 0 Å². The maximum Gasteiger partial charge on any atom is 0.0893 e. The highest BCUT2D eigenvalue weighted by Crippen LogP contribution is 2.06. The highest BCUT2D eigenvalue weighted by Gasteiger charge is 2.08. The largest absolute Gasteiger partial charge is 0.359 e. The van der Waals surface area contributed by atoms with Crippen LogP contribution in [0, 0.1) is 0 Å². The van der Waals surface area contributed by atoms with Gasteiger partial charge < -0.3 is 9.80 Å². The first kappa shape index (κ1) is 11.3. The van der Waals surface area contributed by atoms with Crippen LogP contribution in [-0.4, -0.2) is 29.6 Å². The van der Waals surface area contributed by atoms with E-state index in [9.17, 15) is 0 Å². The predicted molar refractivity (Wildman–Crippen MR) is 50.5 cm³/mol. The standard InChI is InChI=1S/C9H18N2.FH/c1-3-5-6-11-8-7-10(4-2)9-11;/h7-8H,3-6,9H2,1-2H3;1H. The Bertz CT molecular complexity index is 136. The number of rotatable bonds is 4. The van der Waals surface area contributed by atoms with Gasteiger partial charge in [-0.2, -0.15) is 0 Å². The van der Waals surface area contributed by atoms with Crippen LogP contribution in [0.2, 0.25) is 0 Å². The molecule has 0 spiro atoms. The quantitative estimate of drug-likeness (QED) is 0.643. The van der Waals surface area contributed by atoms with Gasteiger partial charge in [-0.3, -0.25) is 4.70 Å². The van der Waals surface area contributed by atoms with E-state index in [4.69, 9.17) is 0 Å². The molecule has 0 radical (unpaired) electrons. The molecule has 0 atom stereocenters. The van der Waals surface area contributed by atoms with Crippen molar-refractivity contribution in [1.29, 1.82) is 0 Å². The molecule has 0 bridgehead atoms. The minimum absolute atomic E-state index is 0. The Hall–Kier alpha value is -0.730. The fourth-order valence-corrected chi connectivity index (χ4v) is 1.23. The van der Waals surface area contributed by atoms with Crippen molar-refractivity contribution in [2.75, 3.05) is 19.8 Å². The molecule has 12 heavy (non-hydrogen) atoms. The van der Waals surface area contributed by atoms with Gasteiger partial charge >= 0.3 is 0 Å². The van der Waals surface area contributed by atoms with Crippen molar-refractivity contribution < 1.29 is 4.70 Å². The van der Waals surface area contributed by atoms with Gasteiger partial charge in [0.1, 0.15) is 0 Å². The number of nitrogens with zero attached hydrogens (tertiary/aromatic N) is 2. The maximum absolute atomic E-state index is 2.37. The fourth-order valence-electron chi connectivity index (χ4n) is 1.23. The summed E-state index contributed by atoms with van der Waals surface area (Å²) in [5, 5.41) is 0. The number of hydrogen-bond donors (Lipinski definition) is 0. The molecule has 0 fully saturated rings. The van der Waals surface area contributed by atoms with Crippen LogP contribution < -0.4 is 0 Å². The monoisotopic (exact) mass is 174 g/mol. The number of halogens is 1. The summed E-state index contributed by atoms with van der Waals surface area (Å²) < 4.78 is 0. The lowest BCUT2D eigenvalue weighted by Crippen LogP contribution is -2.25. The van der Waals surface area contributed by atoms with E-state index >= 15 is 0 Å². The van der Waals surface area contributed by atoms with E-state index < -0.39 is 0 Å². The lowest BCUT2D eigenvalue weighted by atomic mass is 10.3. The minimum Gasteiger partial charge on any atom is -0.359 e. The Morgan fingerprint density at radius 3 is 2.33 bits per heavy atom. The Labute approximate surface area is 74.2 Å². The second-order valence-electron chi connectivity index (χ2n) is 3.01. The minimum atomic E-state index is 0. The van der Waals surface area contributed by atoms with E-state index in [2.05, 4.69) is 36.0 Å². The van der Waals surface area contributed by atoms with Crippen LogP contribution in [0.3, 0.4) is 0 Å². The van der Waals surface area contributed by atoms with E-state index in [1.165, 1.54) is 19.4 Å². The fraction of sp³-hybridized carbons (Fsp3) is 0.778. The molecule has 1 aliphatic heterocycles. The van der Waals surface area contributed by atoms with Crippen LogP contribution in [0.15, 0.2) is 12.4 Å². The van der Waals surface area contributed by atoms with Crippen molar-refractivity contribution in [2.45, 2.75) is 26.7 Å². The van der Waals surface area contributed by atoms with Gasteiger partial charge in [-0.25, -0.2) is 0 Å². The molecule has 1 heterocycles. The average molecular weight is 174 g/mol. The summed E-state index contributed by atoms with van der Waals surface area (Å²) in [6, 6.07) is 0. The molecule has 1 aliphatic rings. The van der Waals surface area contributed by atoms with Crippen LogP contribution in [0.4, 0.5) is 4.70 Å². The van der Waals surface area contributed by atoms with E-state index in [0.29, 0.717) is 0 Å². The van der Waals surface area contributed by atoms with Crippen molar-refractivity contribution in [3.8, 4) is 0 Å². The van der Waals surface area contributed by atoms with Crippen molar-refractivity contribution in [3.05, 3.63) is 12.4 Å². The molecule has 0 unspecified atom stereocenters. The van der Waals surface area contributed by atoms with Crippen molar-refractivity contribution in [1.82, 2.24) is 9.80 Å². The zero-order chi connectivity index (χ0) is 8.10. The molecular weight excluding hydrogens is 155 g/mol. The first-order valence-electron chi connectivity index (χ1n) is 4.53. The lowest BCUT2D eigenvalue weighted by Gasteiger charge is -2.19. The summed E-state index contributed by atoms with van der Waals surface area (Å²) in [5.74, 6) is 0. The third kappa shape index (κ3) is 3.11. The van der Waals surface area contributed by atoms with E-state index in [0.717, 1.165) is 13.2 Å². The third-order valence-electron chi connectivity index (χ3n) is 2.06. The van der Waals surface area contributed by atoms with Crippen LogP contribution >= 0.6 is 0 Å². The highest BCUT2D eigenvalue weighted by molar-refractivity contribution is 4.89. The molecule has 0 amide bonds. The van der Waals surface area contributed by atoms with E-state index in [-0.39, 0.29) is 4.70 Å². The summed E-state index contributed by atoms with van der Waals surface area (Å²) in [5.41, 5.74) is 0. The van der Waals surface area contributed by atoms with Gasteiger partial charge in [0.15, 0.2) is 0 Å². The molecule has 0 saturated heterocycles. The molecule has 3 heteroatoms. The summed E-state index contributed by atoms with van der Waals surface area (Å²) in [6.45, 7) is 7.85. The topological polar surface area (TPSA) is 6.48 Å². The van der Waals surface area contributed by atoms with Gasteiger partial charge in [-0.05, 0) is 13.3 Å². The van der Waals surface area contributed by atoms with Crippen LogP contribution in [0.25, 0.3) is 0 Å². The second-order valence-corrected chi connectivity index (χ2v) is 3.01. The average Bonchev–Trinajstić information content (AvgIpc) is 2.48. The van der Waals surface area contributed by atoms with Gasteiger partial charge in [0.05, 0.1) is 6.67 Å². The summed E-state index contributed by atoms with van der Waals surface area (Å²) in [7, 11) is 0. The second kappa shape index (κ2) is 5.86. The molecule has 0 aliphatic carbocycles. The molecule has 72 valence electrons. The molecule has 0 aromatic rings. The van der Waals surface area contributed by atoms with Crippen LogP contribution in [0.5, 0.6) is 0 Å². The highest BCUT2D eigenvalue weighted by atomic mass is 19.0. The Kier molecular flexibility index (Phi) is 5.51. The van der Waals surface area contributed by atoms with Gasteiger partial charge in [-0.15, -0.1) is 0 Å². The van der Waals surface area contributed by atoms with Gasteiger partial charge in [-0.1, -0.05) is 13.3 Å². The Balaban J connectivity index is 0.00000121. The third-order valence-corrected chi connectivity index (χ3v) is 2.06. The molecule has 0 aromatic carbocycles. The van der Waals surface area contributed by atoms with Crippen molar-refractivity contribution in [2.24, 2.45) is 0 Å². The van der Waals surface area contributed by atoms with Gasteiger partial charge in [0.2, 0.25) is 0 Å². The van der Waals surface area contributed by atoms with Crippen LogP contribution in [0.1, 0.15) is 26.7 Å². The van der Waals surface area contributed by atoms with Gasteiger partial charge in [0, 0.05) is 25.5 Å². The van der Waals surface area contributed by atoms with Crippen molar-refractivity contribution >= 4 is 0 Å². The molecule has 1 rings (SSSR count). The molecule has 0 saturated carbocycles. The maximum atomic E-state index is 2.37. The SMILES string of the molecule is CCCCN1C=CN(CC)C1.F. The summed E-state index contributed by atoms with van der Waals surface area (Å²) in [4.78, 5) is 4.68. The zero-order valence-electron chi connectivity index (χ0n) is 7.99. The smallest absolute Gasteiger partial charge is 0.0893 e. The summed E-state index contributed by atoms with van der Waals surface area (Å²) >= 11 is 0. The molecule has 0 aromatic heterocycles. The van der Waals surface area contributed by atoms with Crippen LogP contribution in [-0.2, 0) is 0 Å². The summed E-state index contributed by atoms with van der Waals surface area (Å²) in [6.07, 6.45) is 6.97. The number of unbranched alkanes of at least 4 members (excludes halogenated alkanes) is 1. The molecular formula is C9H19FN2. The first-order valence-corrected chi connectivity index (χ1v) is 4.53. The normalized spacial score (nSPS) is 15.2. The first-order chi connectivity index (χ1) is 5.36. The van der Waals surface area contributed by atoms with E-state index in [1.807, 2.05) is 0 Å². The Morgan fingerprint density at radius 1 is 1.17 bits per heavy atom. The predicted octanol–water partition coefficient (Wildman–Crippen LogP) is 2.01. The molecule has 2 nitrogen and oxygen atoms in total. The number of hydrogen-bond acceptors (Lipinski definition) is 2. The Morgan fingerprint density at radius 2 is 1.83 bits per heavy atom.